The molecule has 0 aliphatic heterocycles. The van der Waals surface area contributed by atoms with Crippen LogP contribution in [0.2, 0.25) is 0 Å². The van der Waals surface area contributed by atoms with Crippen LogP contribution in [0.15, 0.2) is 72.8 Å². The monoisotopic (exact) mass is 448 g/mol. The molecule has 34 heavy (non-hydrogen) atoms. The van der Waals surface area contributed by atoms with E-state index in [1.54, 1.807) is 0 Å². The summed E-state index contributed by atoms with van der Waals surface area (Å²) in [6, 6.07) is 28.1. The molecule has 0 spiro atoms. The van der Waals surface area contributed by atoms with Crippen molar-refractivity contribution in [3.63, 3.8) is 0 Å². The molecule has 4 rings (SSSR count). The van der Waals surface area contributed by atoms with Gasteiger partial charge in [0.15, 0.2) is 0 Å². The van der Waals surface area contributed by atoms with Crippen LogP contribution in [0.1, 0.15) is 101 Å². The van der Waals surface area contributed by atoms with Gasteiger partial charge in [-0.1, -0.05) is 122 Å². The Morgan fingerprint density at radius 1 is 0.412 bits per heavy atom. The van der Waals surface area contributed by atoms with Gasteiger partial charge < -0.3 is 0 Å². The predicted molar refractivity (Wildman–Crippen MR) is 151 cm³/mol. The maximum atomic E-state index is 2.39. The van der Waals surface area contributed by atoms with Gasteiger partial charge >= 0.3 is 0 Å². The number of benzene rings is 4. The van der Waals surface area contributed by atoms with Crippen LogP contribution in [0.25, 0.3) is 33.0 Å². The Balaban J connectivity index is 1.86. The van der Waals surface area contributed by atoms with Crippen molar-refractivity contribution in [2.45, 2.75) is 79.1 Å². The van der Waals surface area contributed by atoms with Crippen molar-refractivity contribution in [3.05, 3.63) is 95.1 Å². The summed E-state index contributed by atoms with van der Waals surface area (Å²) in [6.07, 6.45) is 0. The van der Waals surface area contributed by atoms with Gasteiger partial charge in [0.2, 0.25) is 0 Å². The van der Waals surface area contributed by atoms with Gasteiger partial charge in [-0.15, -0.1) is 0 Å². The fourth-order valence-electron chi connectivity index (χ4n) is 4.72. The molecule has 0 bridgehead atoms. The number of fused-ring (bicyclic) bond motifs is 1. The fourth-order valence-corrected chi connectivity index (χ4v) is 4.72. The van der Waals surface area contributed by atoms with E-state index < -0.39 is 0 Å². The Kier molecular flexibility index (Phi) is 6.99. The molecule has 0 unspecified atom stereocenters. The summed E-state index contributed by atoms with van der Waals surface area (Å²) in [7, 11) is 0. The lowest BCUT2D eigenvalue weighted by Gasteiger charge is -2.17. The molecule has 0 atom stereocenters. The van der Waals surface area contributed by atoms with Crippen molar-refractivity contribution in [2.24, 2.45) is 0 Å². The molecule has 4 aromatic carbocycles. The van der Waals surface area contributed by atoms with Crippen molar-refractivity contribution < 1.29 is 0 Å². The summed E-state index contributed by atoms with van der Waals surface area (Å²) in [5.74, 6) is 2.07. The second-order valence-corrected chi connectivity index (χ2v) is 11.1. The zero-order valence-corrected chi connectivity index (χ0v) is 22.2. The minimum absolute atomic E-state index is 0.516. The molecule has 0 amide bonds. The fraction of sp³-hybridized carbons (Fsp3) is 0.353. The zero-order chi connectivity index (χ0) is 24.6. The van der Waals surface area contributed by atoms with Gasteiger partial charge in [-0.2, -0.15) is 0 Å². The average molecular weight is 449 g/mol. The largest absolute Gasteiger partial charge is 0.0610 e. The third-order valence-corrected chi connectivity index (χ3v) is 7.15. The maximum Gasteiger partial charge on any atom is -0.0105 e. The van der Waals surface area contributed by atoms with Crippen LogP contribution >= 0.6 is 0 Å². The average Bonchev–Trinajstić information content (AvgIpc) is 2.82. The van der Waals surface area contributed by atoms with E-state index in [0.29, 0.717) is 23.7 Å². The lowest BCUT2D eigenvalue weighted by atomic mass is 9.88. The maximum absolute atomic E-state index is 2.39. The highest BCUT2D eigenvalue weighted by Crippen LogP contribution is 2.36. The van der Waals surface area contributed by atoms with Crippen molar-refractivity contribution in [3.8, 4) is 22.3 Å². The molecular weight excluding hydrogens is 408 g/mol. The lowest BCUT2D eigenvalue weighted by Crippen LogP contribution is -1.96. The Morgan fingerprint density at radius 2 is 0.882 bits per heavy atom. The summed E-state index contributed by atoms with van der Waals surface area (Å²) in [6.45, 7) is 18.3. The zero-order valence-electron chi connectivity index (χ0n) is 22.2. The first-order valence-electron chi connectivity index (χ1n) is 13.0. The first-order valence-corrected chi connectivity index (χ1v) is 13.0. The van der Waals surface area contributed by atoms with Crippen molar-refractivity contribution in [2.75, 3.05) is 0 Å². The first-order chi connectivity index (χ1) is 16.1. The molecule has 0 fully saturated rings. The Hall–Kier alpha value is -2.86. The van der Waals surface area contributed by atoms with Gasteiger partial charge in [-0.25, -0.2) is 0 Å². The lowest BCUT2D eigenvalue weighted by molar-refractivity contribution is 0.834. The number of hydrogen-bond acceptors (Lipinski definition) is 0. The van der Waals surface area contributed by atoms with Crippen molar-refractivity contribution >= 4 is 10.8 Å². The van der Waals surface area contributed by atoms with Crippen LogP contribution in [-0.4, -0.2) is 0 Å². The highest BCUT2D eigenvalue weighted by atomic mass is 14.2. The van der Waals surface area contributed by atoms with Gasteiger partial charge in [0.25, 0.3) is 0 Å². The normalized spacial score (nSPS) is 12.0. The Morgan fingerprint density at radius 3 is 1.35 bits per heavy atom. The van der Waals surface area contributed by atoms with Crippen LogP contribution in [0.3, 0.4) is 0 Å². The van der Waals surface area contributed by atoms with Gasteiger partial charge in [0, 0.05) is 0 Å². The summed E-state index contributed by atoms with van der Waals surface area (Å²) in [5.41, 5.74) is 11.0. The predicted octanol–water partition coefficient (Wildman–Crippen LogP) is 10.7. The summed E-state index contributed by atoms with van der Waals surface area (Å²) >= 11 is 0. The van der Waals surface area contributed by atoms with Crippen LogP contribution in [0, 0.1) is 0 Å². The van der Waals surface area contributed by atoms with E-state index in [1.807, 2.05) is 0 Å². The summed E-state index contributed by atoms with van der Waals surface area (Å²) < 4.78 is 0. The number of hydrogen-bond donors (Lipinski definition) is 0. The third-order valence-electron chi connectivity index (χ3n) is 7.15. The molecule has 0 saturated heterocycles. The van der Waals surface area contributed by atoms with E-state index in [-0.39, 0.29) is 0 Å². The standard InChI is InChI=1S/C34H40/c1-21(2)27-15-28(22(3)4)18-31(17-27)25-12-13-34-26(14-25)10-9-11-33(34)32-19-29(23(5)6)16-30(20-32)24(7)8/h9-24H,1-8H3. The second-order valence-electron chi connectivity index (χ2n) is 11.1. The molecule has 0 radical (unpaired) electrons. The van der Waals surface area contributed by atoms with Crippen LogP contribution in [0.4, 0.5) is 0 Å². The molecule has 0 heteroatoms. The SMILES string of the molecule is CC(C)c1cc(-c2ccc3c(-c4cc(C(C)C)cc(C(C)C)c4)cccc3c2)cc(C(C)C)c1. The Bertz CT molecular complexity index is 1250. The van der Waals surface area contributed by atoms with Crippen LogP contribution in [-0.2, 0) is 0 Å². The Labute approximate surface area is 207 Å². The molecule has 0 aromatic heterocycles. The van der Waals surface area contributed by atoms with Crippen LogP contribution < -0.4 is 0 Å². The number of rotatable bonds is 6. The second kappa shape index (κ2) is 9.79. The highest BCUT2D eigenvalue weighted by Gasteiger charge is 2.13. The molecule has 0 aliphatic rings. The smallest absolute Gasteiger partial charge is 0.0105 e. The molecule has 0 aliphatic carbocycles. The topological polar surface area (TPSA) is 0 Å². The van der Waals surface area contributed by atoms with Gasteiger partial charge in [-0.05, 0) is 85.0 Å². The summed E-state index contributed by atoms with van der Waals surface area (Å²) in [4.78, 5) is 0. The molecular formula is C34H40. The highest BCUT2D eigenvalue weighted by molar-refractivity contribution is 5.99. The van der Waals surface area contributed by atoms with E-state index in [1.165, 1.54) is 55.3 Å². The van der Waals surface area contributed by atoms with Crippen molar-refractivity contribution in [1.82, 2.24) is 0 Å². The van der Waals surface area contributed by atoms with Gasteiger partial charge in [0.05, 0.1) is 0 Å². The molecule has 0 N–H and O–H groups in total. The van der Waals surface area contributed by atoms with Gasteiger partial charge in [0.1, 0.15) is 0 Å². The first kappa shape index (κ1) is 24.3. The van der Waals surface area contributed by atoms with Crippen molar-refractivity contribution in [1.29, 1.82) is 0 Å². The minimum atomic E-state index is 0.516. The summed E-state index contributed by atoms with van der Waals surface area (Å²) in [5, 5.41) is 2.63. The molecule has 0 saturated carbocycles. The van der Waals surface area contributed by atoms with E-state index in [9.17, 15) is 0 Å². The van der Waals surface area contributed by atoms with E-state index in [0.717, 1.165) is 0 Å². The van der Waals surface area contributed by atoms with Gasteiger partial charge in [-0.3, -0.25) is 0 Å². The van der Waals surface area contributed by atoms with E-state index in [2.05, 4.69) is 128 Å². The van der Waals surface area contributed by atoms with Crippen LogP contribution in [0.5, 0.6) is 0 Å². The van der Waals surface area contributed by atoms with E-state index >= 15 is 0 Å². The quantitative estimate of drug-likeness (QED) is 0.275. The van der Waals surface area contributed by atoms with E-state index in [4.69, 9.17) is 0 Å². The molecule has 176 valence electrons. The third kappa shape index (κ3) is 4.97. The molecule has 4 aromatic rings. The minimum Gasteiger partial charge on any atom is -0.0610 e. The molecule has 0 nitrogen and oxygen atoms in total. The molecule has 0 heterocycles.